The number of hydrogen-bond acceptors (Lipinski definition) is 7. The Kier molecular flexibility index (Phi) is 8.52. The molecular formula is C37H27N7O2. The van der Waals surface area contributed by atoms with Crippen molar-refractivity contribution in [1.29, 1.82) is 5.26 Å². The van der Waals surface area contributed by atoms with Crippen LogP contribution in [0.2, 0.25) is 0 Å². The molecule has 9 heteroatoms. The number of nitriles is 1. The first kappa shape index (κ1) is 29.4. The van der Waals surface area contributed by atoms with E-state index in [0.29, 0.717) is 39.8 Å². The van der Waals surface area contributed by atoms with E-state index < -0.39 is 0 Å². The number of nitrogens with zero attached hydrogens (tertiary/aromatic N) is 4. The minimum absolute atomic E-state index is 0.283. The molecule has 2 aromatic heterocycles. The summed E-state index contributed by atoms with van der Waals surface area (Å²) in [5, 5.41) is 18.0. The molecule has 0 unspecified atom stereocenters. The molecule has 0 aliphatic rings. The molecule has 0 bridgehead atoms. The average Bonchev–Trinajstić information content (AvgIpc) is 3.10. The molecule has 222 valence electrons. The lowest BCUT2D eigenvalue weighted by atomic mass is 10.0. The van der Waals surface area contributed by atoms with Crippen LogP contribution in [0.25, 0.3) is 22.4 Å². The van der Waals surface area contributed by atoms with Crippen molar-refractivity contribution in [1.82, 2.24) is 15.0 Å². The van der Waals surface area contributed by atoms with Crippen LogP contribution in [-0.2, 0) is 0 Å². The van der Waals surface area contributed by atoms with Crippen LogP contribution in [0.5, 0.6) is 0 Å². The predicted octanol–water partition coefficient (Wildman–Crippen LogP) is 7.63. The van der Waals surface area contributed by atoms with Gasteiger partial charge in [-0.2, -0.15) is 5.26 Å². The first-order valence-corrected chi connectivity index (χ1v) is 14.4. The Morgan fingerprint density at radius 2 is 1.39 bits per heavy atom. The topological polar surface area (TPSA) is 133 Å². The first-order chi connectivity index (χ1) is 22.4. The number of pyridine rings is 1. The summed E-state index contributed by atoms with van der Waals surface area (Å²) in [6, 6.07) is 35.3. The molecule has 0 atom stereocenters. The van der Waals surface area contributed by atoms with Gasteiger partial charge in [0.2, 0.25) is 5.95 Å². The van der Waals surface area contributed by atoms with Crippen molar-refractivity contribution in [2.45, 2.75) is 6.92 Å². The first-order valence-electron chi connectivity index (χ1n) is 14.4. The Morgan fingerprint density at radius 1 is 0.696 bits per heavy atom. The van der Waals surface area contributed by atoms with Crippen LogP contribution in [0.3, 0.4) is 0 Å². The van der Waals surface area contributed by atoms with Gasteiger partial charge in [0.25, 0.3) is 11.8 Å². The van der Waals surface area contributed by atoms with Gasteiger partial charge in [0.15, 0.2) is 0 Å². The zero-order chi connectivity index (χ0) is 31.9. The zero-order valence-electron chi connectivity index (χ0n) is 24.7. The number of aromatic nitrogens is 3. The monoisotopic (exact) mass is 601 g/mol. The summed E-state index contributed by atoms with van der Waals surface area (Å²) in [4.78, 5) is 39.2. The fourth-order valence-electron chi connectivity index (χ4n) is 4.73. The number of hydrogen-bond donors (Lipinski definition) is 3. The molecule has 6 aromatic rings. The van der Waals surface area contributed by atoms with Crippen molar-refractivity contribution < 1.29 is 9.59 Å². The predicted molar refractivity (Wildman–Crippen MR) is 179 cm³/mol. The fourth-order valence-corrected chi connectivity index (χ4v) is 4.73. The van der Waals surface area contributed by atoms with E-state index >= 15 is 0 Å². The van der Waals surface area contributed by atoms with Gasteiger partial charge in [-0.25, -0.2) is 9.97 Å². The van der Waals surface area contributed by atoms with Crippen LogP contribution >= 0.6 is 0 Å². The van der Waals surface area contributed by atoms with Crippen molar-refractivity contribution in [3.63, 3.8) is 0 Å². The molecule has 2 heterocycles. The molecule has 0 radical (unpaired) electrons. The van der Waals surface area contributed by atoms with Gasteiger partial charge in [-0.15, -0.1) is 0 Å². The Balaban J connectivity index is 1.12. The molecule has 0 fully saturated rings. The fraction of sp³-hybridized carbons (Fsp3) is 0.0270. The van der Waals surface area contributed by atoms with Gasteiger partial charge in [0.05, 0.1) is 34.8 Å². The van der Waals surface area contributed by atoms with Crippen molar-refractivity contribution in [3.8, 4) is 28.5 Å². The number of carbonyl (C=O) groups is 2. The van der Waals surface area contributed by atoms with Crippen LogP contribution in [-0.4, -0.2) is 26.8 Å². The molecule has 0 saturated carbocycles. The maximum Gasteiger partial charge on any atom is 0.257 e. The van der Waals surface area contributed by atoms with E-state index in [1.54, 1.807) is 54.7 Å². The third-order valence-corrected chi connectivity index (χ3v) is 7.22. The van der Waals surface area contributed by atoms with E-state index in [1.165, 1.54) is 12.4 Å². The standard InChI is InChI=1S/C37H27N7O2/c1-24-7-16-31(20-34(24)44-37-40-18-17-33(43-37)28-10-8-25(21-38)9-11-28)41-36(46)30-19-32(23-39-22-30)42-35(45)29-14-12-27(13-15-29)26-5-3-2-4-6-26/h2-20,22-23H,1H3,(H,41,46)(H,42,45)(H,40,43,44). The largest absolute Gasteiger partial charge is 0.324 e. The number of anilines is 4. The summed E-state index contributed by atoms with van der Waals surface area (Å²) in [6.07, 6.45) is 4.59. The summed E-state index contributed by atoms with van der Waals surface area (Å²) >= 11 is 0. The summed E-state index contributed by atoms with van der Waals surface area (Å²) in [7, 11) is 0. The second-order valence-electron chi connectivity index (χ2n) is 10.4. The Labute approximate surface area is 265 Å². The SMILES string of the molecule is Cc1ccc(NC(=O)c2cncc(NC(=O)c3ccc(-c4ccccc4)cc3)c2)cc1Nc1nccc(-c2ccc(C#N)cc2)n1. The Morgan fingerprint density at radius 3 is 2.15 bits per heavy atom. The smallest absolute Gasteiger partial charge is 0.257 e. The average molecular weight is 602 g/mol. The highest BCUT2D eigenvalue weighted by molar-refractivity contribution is 6.07. The summed E-state index contributed by atoms with van der Waals surface area (Å²) in [6.45, 7) is 1.93. The number of rotatable bonds is 8. The maximum absolute atomic E-state index is 13.2. The molecule has 2 amide bonds. The molecule has 3 N–H and O–H groups in total. The van der Waals surface area contributed by atoms with Crippen LogP contribution in [0.15, 0.2) is 128 Å². The molecule has 0 aliphatic carbocycles. The lowest BCUT2D eigenvalue weighted by molar-refractivity contribution is 0.101. The van der Waals surface area contributed by atoms with Gasteiger partial charge < -0.3 is 16.0 Å². The van der Waals surface area contributed by atoms with Gasteiger partial charge >= 0.3 is 0 Å². The van der Waals surface area contributed by atoms with Gasteiger partial charge in [-0.3, -0.25) is 14.6 Å². The minimum atomic E-state index is -0.385. The number of benzene rings is 4. The maximum atomic E-state index is 13.2. The molecule has 0 saturated heterocycles. The number of aryl methyl sites for hydroxylation is 1. The van der Waals surface area contributed by atoms with E-state index in [1.807, 2.05) is 67.6 Å². The van der Waals surface area contributed by atoms with E-state index in [-0.39, 0.29) is 17.4 Å². The molecule has 6 rings (SSSR count). The Bertz CT molecular complexity index is 2070. The second-order valence-corrected chi connectivity index (χ2v) is 10.4. The number of nitrogens with one attached hydrogen (secondary N) is 3. The minimum Gasteiger partial charge on any atom is -0.324 e. The molecule has 9 nitrogen and oxygen atoms in total. The second kappa shape index (κ2) is 13.3. The number of amides is 2. The van der Waals surface area contributed by atoms with Gasteiger partial charge in [-0.05, 0) is 72.1 Å². The highest BCUT2D eigenvalue weighted by Gasteiger charge is 2.13. The van der Waals surface area contributed by atoms with E-state index in [0.717, 1.165) is 22.3 Å². The summed E-state index contributed by atoms with van der Waals surface area (Å²) in [5.74, 6) is -0.306. The van der Waals surface area contributed by atoms with Crippen molar-refractivity contribution in [3.05, 3.63) is 150 Å². The van der Waals surface area contributed by atoms with Crippen molar-refractivity contribution in [2.24, 2.45) is 0 Å². The van der Waals surface area contributed by atoms with Crippen LogP contribution in [0, 0.1) is 18.3 Å². The van der Waals surface area contributed by atoms with E-state index in [2.05, 4.69) is 37.0 Å². The molecule has 4 aromatic carbocycles. The zero-order valence-corrected chi connectivity index (χ0v) is 24.7. The third kappa shape index (κ3) is 6.93. The molecule has 0 aliphatic heterocycles. The van der Waals surface area contributed by atoms with E-state index in [9.17, 15) is 9.59 Å². The Hall–Kier alpha value is -6.66. The molecular weight excluding hydrogens is 574 g/mol. The van der Waals surface area contributed by atoms with Crippen LogP contribution < -0.4 is 16.0 Å². The quantitative estimate of drug-likeness (QED) is 0.163. The summed E-state index contributed by atoms with van der Waals surface area (Å²) < 4.78 is 0. The van der Waals surface area contributed by atoms with Crippen LogP contribution in [0.1, 0.15) is 31.8 Å². The lowest BCUT2D eigenvalue weighted by Crippen LogP contribution is -2.15. The van der Waals surface area contributed by atoms with Gasteiger partial charge in [0, 0.05) is 34.9 Å². The normalized spacial score (nSPS) is 10.4. The molecule has 46 heavy (non-hydrogen) atoms. The highest BCUT2D eigenvalue weighted by atomic mass is 16.2. The number of carbonyl (C=O) groups excluding carboxylic acids is 2. The van der Waals surface area contributed by atoms with Crippen molar-refractivity contribution in [2.75, 3.05) is 16.0 Å². The van der Waals surface area contributed by atoms with Crippen LogP contribution in [0.4, 0.5) is 23.0 Å². The lowest BCUT2D eigenvalue weighted by Gasteiger charge is -2.12. The van der Waals surface area contributed by atoms with Gasteiger partial charge in [-0.1, -0.05) is 60.7 Å². The van der Waals surface area contributed by atoms with Gasteiger partial charge in [0.1, 0.15) is 0 Å². The molecule has 0 spiro atoms. The van der Waals surface area contributed by atoms with Crippen molar-refractivity contribution >= 4 is 34.8 Å². The third-order valence-electron chi connectivity index (χ3n) is 7.22. The summed E-state index contributed by atoms with van der Waals surface area (Å²) in [5.41, 5.74) is 7.56. The highest BCUT2D eigenvalue weighted by Crippen LogP contribution is 2.25. The van der Waals surface area contributed by atoms with E-state index in [4.69, 9.17) is 5.26 Å².